The highest BCUT2D eigenvalue weighted by Crippen LogP contribution is 2.26. The van der Waals surface area contributed by atoms with Gasteiger partial charge in [-0.3, -0.25) is 4.98 Å². The maximum Gasteiger partial charge on any atom is 0.130 e. The maximum atomic E-state index is 9.42. The number of phenolic OH excluding ortho intramolecular Hbond substituents is 2. The molecule has 0 fully saturated rings. The predicted molar refractivity (Wildman–Crippen MR) is 154 cm³/mol. The highest BCUT2D eigenvalue weighted by molar-refractivity contribution is 7.98. The van der Waals surface area contributed by atoms with Crippen molar-refractivity contribution in [1.82, 2.24) is 9.97 Å². The van der Waals surface area contributed by atoms with Gasteiger partial charge in [-0.25, -0.2) is 4.98 Å². The van der Waals surface area contributed by atoms with Gasteiger partial charge in [0.25, 0.3) is 0 Å². The molecule has 0 aliphatic rings. The molecule has 0 radical (unpaired) electrons. The summed E-state index contributed by atoms with van der Waals surface area (Å²) in [6.45, 7) is 0.412. The van der Waals surface area contributed by atoms with Gasteiger partial charge < -0.3 is 14.9 Å². The van der Waals surface area contributed by atoms with E-state index in [1.54, 1.807) is 48.2 Å². The van der Waals surface area contributed by atoms with Crippen LogP contribution < -0.4 is 4.74 Å². The number of fused-ring (bicyclic) bond motifs is 2. The number of pyridine rings is 2. The molecule has 38 heavy (non-hydrogen) atoms. The van der Waals surface area contributed by atoms with Crippen molar-refractivity contribution in [2.45, 2.75) is 17.3 Å². The third kappa shape index (κ3) is 6.81. The number of ether oxygens (including phenoxy) is 1. The molecule has 0 bridgehead atoms. The molecule has 0 saturated heterocycles. The van der Waals surface area contributed by atoms with Gasteiger partial charge in [-0.1, -0.05) is 54.6 Å². The van der Waals surface area contributed by atoms with Gasteiger partial charge >= 0.3 is 0 Å². The Hall–Kier alpha value is -4.55. The van der Waals surface area contributed by atoms with E-state index < -0.39 is 0 Å². The summed E-state index contributed by atoms with van der Waals surface area (Å²) < 4.78 is 5.62. The average Bonchev–Trinajstić information content (AvgIpc) is 2.96. The van der Waals surface area contributed by atoms with Crippen LogP contribution in [0.4, 0.5) is 0 Å². The van der Waals surface area contributed by atoms with Crippen molar-refractivity contribution in [3.05, 3.63) is 133 Å². The first-order valence-corrected chi connectivity index (χ1v) is 13.1. The van der Waals surface area contributed by atoms with Gasteiger partial charge in [0.05, 0.1) is 22.4 Å². The van der Waals surface area contributed by atoms with Gasteiger partial charge in [0, 0.05) is 21.4 Å². The number of rotatable bonds is 6. The lowest BCUT2D eigenvalue weighted by molar-refractivity contribution is 0.301. The number of hydrogen-bond donors (Lipinski definition) is 2. The number of aromatic nitrogens is 2. The Labute approximate surface area is 225 Å². The largest absolute Gasteiger partial charge is 0.508 e. The lowest BCUT2D eigenvalue weighted by Gasteiger charge is -2.06. The van der Waals surface area contributed by atoms with Crippen molar-refractivity contribution in [2.24, 2.45) is 0 Å². The molecule has 4 aromatic carbocycles. The summed E-state index contributed by atoms with van der Waals surface area (Å²) in [6.07, 6.45) is 0. The first kappa shape index (κ1) is 25.1. The molecule has 0 aliphatic heterocycles. The number of aromatic hydroxyl groups is 2. The molecule has 0 spiro atoms. The molecule has 0 aliphatic carbocycles. The minimum Gasteiger partial charge on any atom is -0.508 e. The van der Waals surface area contributed by atoms with E-state index in [1.807, 2.05) is 66.7 Å². The van der Waals surface area contributed by atoms with E-state index in [-0.39, 0.29) is 5.75 Å². The fourth-order valence-electron chi connectivity index (χ4n) is 3.81. The average molecular weight is 519 g/mol. The van der Waals surface area contributed by atoms with E-state index >= 15 is 0 Å². The summed E-state index contributed by atoms with van der Waals surface area (Å²) >= 11 is 1.67. The van der Waals surface area contributed by atoms with Gasteiger partial charge in [0.15, 0.2) is 0 Å². The van der Waals surface area contributed by atoms with Gasteiger partial charge in [-0.15, -0.1) is 11.8 Å². The molecule has 2 N–H and O–H groups in total. The summed E-state index contributed by atoms with van der Waals surface area (Å²) in [5.74, 6) is 2.05. The SMILES string of the molecule is Oc1ccc(OCc2ccc3ccccc3n2)cc1.Oc1cccc(SCc2ccc3ccccc3n2)c1. The van der Waals surface area contributed by atoms with Crippen LogP contribution in [0.5, 0.6) is 17.2 Å². The van der Waals surface area contributed by atoms with Crippen molar-refractivity contribution in [2.75, 3.05) is 0 Å². The first-order valence-electron chi connectivity index (χ1n) is 12.2. The van der Waals surface area contributed by atoms with Crippen molar-refractivity contribution >= 4 is 33.6 Å². The van der Waals surface area contributed by atoms with Crippen LogP contribution >= 0.6 is 11.8 Å². The highest BCUT2D eigenvalue weighted by atomic mass is 32.2. The molecular formula is C32H26N2O3S. The predicted octanol–water partition coefficient (Wildman–Crippen LogP) is 7.75. The molecular weight excluding hydrogens is 492 g/mol. The zero-order chi connectivity index (χ0) is 26.2. The van der Waals surface area contributed by atoms with E-state index in [0.717, 1.165) is 43.8 Å². The van der Waals surface area contributed by atoms with Gasteiger partial charge in [0.2, 0.25) is 0 Å². The van der Waals surface area contributed by atoms with Crippen molar-refractivity contribution < 1.29 is 14.9 Å². The summed E-state index contributed by atoms with van der Waals surface area (Å²) in [7, 11) is 0. The van der Waals surface area contributed by atoms with E-state index in [1.165, 1.54) is 0 Å². The van der Waals surface area contributed by atoms with Gasteiger partial charge in [0.1, 0.15) is 23.9 Å². The van der Waals surface area contributed by atoms with Crippen LogP contribution in [-0.2, 0) is 12.4 Å². The topological polar surface area (TPSA) is 75.5 Å². The molecule has 2 heterocycles. The summed E-state index contributed by atoms with van der Waals surface area (Å²) in [6, 6.07) is 38.2. The fraction of sp³-hybridized carbons (Fsp3) is 0.0625. The fourth-order valence-corrected chi connectivity index (χ4v) is 4.66. The standard InChI is InChI=1S/C16H13NO2.C16H13NOS/c18-14-7-9-15(10-8-14)19-11-13-6-5-12-3-1-2-4-16(12)17-13;18-14-5-3-6-15(10-14)19-11-13-9-8-12-4-1-2-7-16(12)17-13/h2*1-10,18H,11H2. The first-order chi connectivity index (χ1) is 18.6. The van der Waals surface area contributed by atoms with E-state index in [0.29, 0.717) is 18.1 Å². The molecule has 6 aromatic rings. The Balaban J connectivity index is 0.000000155. The van der Waals surface area contributed by atoms with Crippen molar-refractivity contribution in [3.63, 3.8) is 0 Å². The van der Waals surface area contributed by atoms with Gasteiger partial charge in [-0.05, 0) is 66.7 Å². The second-order valence-electron chi connectivity index (χ2n) is 8.56. The Morgan fingerprint density at radius 3 is 1.89 bits per heavy atom. The van der Waals surface area contributed by atoms with E-state index in [2.05, 4.69) is 28.2 Å². The van der Waals surface area contributed by atoms with Crippen LogP contribution in [0.1, 0.15) is 11.4 Å². The van der Waals surface area contributed by atoms with Crippen LogP contribution in [0.2, 0.25) is 0 Å². The molecule has 6 rings (SSSR count). The molecule has 6 heteroatoms. The minimum absolute atomic E-state index is 0.233. The van der Waals surface area contributed by atoms with Crippen LogP contribution in [0.15, 0.2) is 126 Å². The van der Waals surface area contributed by atoms with Gasteiger partial charge in [-0.2, -0.15) is 0 Å². The summed E-state index contributed by atoms with van der Waals surface area (Å²) in [4.78, 5) is 10.2. The number of para-hydroxylation sites is 2. The molecule has 188 valence electrons. The Kier molecular flexibility index (Phi) is 8.01. The zero-order valence-electron chi connectivity index (χ0n) is 20.6. The second-order valence-corrected chi connectivity index (χ2v) is 9.61. The minimum atomic E-state index is 0.233. The summed E-state index contributed by atoms with van der Waals surface area (Å²) in [5, 5.41) is 20.9. The number of phenols is 2. The third-order valence-electron chi connectivity index (χ3n) is 5.74. The molecule has 0 saturated carbocycles. The molecule has 0 unspecified atom stereocenters. The van der Waals surface area contributed by atoms with Crippen molar-refractivity contribution in [1.29, 1.82) is 0 Å². The smallest absolute Gasteiger partial charge is 0.130 e. The Morgan fingerprint density at radius 2 is 1.21 bits per heavy atom. The Bertz CT molecular complexity index is 1650. The lowest BCUT2D eigenvalue weighted by atomic mass is 10.2. The van der Waals surface area contributed by atoms with Crippen molar-refractivity contribution in [3.8, 4) is 17.2 Å². The Morgan fingerprint density at radius 1 is 0.579 bits per heavy atom. The van der Waals surface area contributed by atoms with Crippen LogP contribution in [0, 0.1) is 0 Å². The highest BCUT2D eigenvalue weighted by Gasteiger charge is 2.02. The second kappa shape index (κ2) is 12.1. The van der Waals surface area contributed by atoms with Crippen LogP contribution in [0.25, 0.3) is 21.8 Å². The van der Waals surface area contributed by atoms with E-state index in [4.69, 9.17) is 4.74 Å². The number of hydrogen-bond acceptors (Lipinski definition) is 6. The lowest BCUT2D eigenvalue weighted by Crippen LogP contribution is -1.98. The zero-order valence-corrected chi connectivity index (χ0v) is 21.4. The third-order valence-corrected chi connectivity index (χ3v) is 6.77. The number of benzene rings is 4. The quantitative estimate of drug-likeness (QED) is 0.220. The maximum absolute atomic E-state index is 9.42. The normalized spacial score (nSPS) is 10.6. The molecule has 2 aromatic heterocycles. The molecule has 0 amide bonds. The monoisotopic (exact) mass is 518 g/mol. The molecule has 5 nitrogen and oxygen atoms in total. The number of thioether (sulfide) groups is 1. The van der Waals surface area contributed by atoms with E-state index in [9.17, 15) is 10.2 Å². The number of nitrogens with zero attached hydrogens (tertiary/aromatic N) is 2. The summed E-state index contributed by atoms with van der Waals surface area (Å²) in [5.41, 5.74) is 3.92. The molecule has 0 atom stereocenters. The van der Waals surface area contributed by atoms with Crippen LogP contribution in [-0.4, -0.2) is 20.2 Å². The van der Waals surface area contributed by atoms with Crippen LogP contribution in [0.3, 0.4) is 0 Å².